The van der Waals surface area contributed by atoms with Gasteiger partial charge in [-0.1, -0.05) is 30.1 Å². The summed E-state index contributed by atoms with van der Waals surface area (Å²) in [6.45, 7) is 2.09. The fourth-order valence-electron chi connectivity index (χ4n) is 3.33. The molecule has 122 valence electrons. The lowest BCUT2D eigenvalue weighted by molar-refractivity contribution is 0.430. The zero-order chi connectivity index (χ0) is 16.8. The maximum Gasteiger partial charge on any atom is 0.123 e. The Balaban J connectivity index is 1.68. The maximum absolute atomic E-state index is 12.9. The molecule has 0 amide bonds. The van der Waals surface area contributed by atoms with Crippen molar-refractivity contribution in [1.82, 2.24) is 0 Å². The molecule has 0 bridgehead atoms. The van der Waals surface area contributed by atoms with Gasteiger partial charge in [-0.25, -0.2) is 4.39 Å². The van der Waals surface area contributed by atoms with E-state index in [9.17, 15) is 4.39 Å². The summed E-state index contributed by atoms with van der Waals surface area (Å²) in [7, 11) is 0. The molecule has 0 aliphatic heterocycles. The van der Waals surface area contributed by atoms with Crippen LogP contribution >= 0.6 is 0 Å². The molecule has 0 saturated carbocycles. The first-order valence-electron chi connectivity index (χ1n) is 8.75. The van der Waals surface area contributed by atoms with Gasteiger partial charge in [-0.2, -0.15) is 0 Å². The molecule has 0 heterocycles. The van der Waals surface area contributed by atoms with Crippen molar-refractivity contribution in [2.24, 2.45) is 5.92 Å². The third kappa shape index (κ3) is 4.36. The molecule has 0 fully saturated rings. The van der Waals surface area contributed by atoms with Crippen LogP contribution in [0.15, 0.2) is 54.6 Å². The van der Waals surface area contributed by atoms with Crippen LogP contribution in [0.2, 0.25) is 0 Å². The molecule has 0 saturated heterocycles. The van der Waals surface area contributed by atoms with Gasteiger partial charge in [0.1, 0.15) is 5.82 Å². The van der Waals surface area contributed by atoms with Crippen LogP contribution < -0.4 is 0 Å². The van der Waals surface area contributed by atoms with E-state index >= 15 is 0 Å². The fourth-order valence-corrected chi connectivity index (χ4v) is 3.33. The van der Waals surface area contributed by atoms with Gasteiger partial charge in [-0.15, -0.1) is 0 Å². The van der Waals surface area contributed by atoms with Crippen LogP contribution in [0.25, 0.3) is 0 Å². The van der Waals surface area contributed by atoms with Crippen LogP contribution in [0.3, 0.4) is 0 Å². The molecule has 24 heavy (non-hydrogen) atoms. The van der Waals surface area contributed by atoms with Crippen molar-refractivity contribution in [3.05, 3.63) is 82.7 Å². The Labute approximate surface area is 144 Å². The maximum atomic E-state index is 12.9. The van der Waals surface area contributed by atoms with Gasteiger partial charge in [0.15, 0.2) is 0 Å². The van der Waals surface area contributed by atoms with Crippen LogP contribution in [0, 0.1) is 23.6 Å². The van der Waals surface area contributed by atoms with E-state index in [4.69, 9.17) is 0 Å². The molecule has 0 nitrogen and oxygen atoms in total. The molecule has 2 aromatic rings. The molecule has 0 aromatic heterocycles. The molecule has 0 radical (unpaired) electrons. The monoisotopic (exact) mass is 318 g/mol. The Morgan fingerprint density at radius 3 is 2.58 bits per heavy atom. The predicted molar refractivity (Wildman–Crippen MR) is 98.4 cm³/mol. The first kappa shape index (κ1) is 16.5. The number of hydrogen-bond donors (Lipinski definition) is 0. The summed E-state index contributed by atoms with van der Waals surface area (Å²) in [5.74, 6) is 6.90. The second kappa shape index (κ2) is 7.97. The van der Waals surface area contributed by atoms with Crippen molar-refractivity contribution >= 4 is 0 Å². The molecule has 1 aliphatic rings. The molecule has 1 unspecified atom stereocenters. The highest BCUT2D eigenvalue weighted by molar-refractivity contribution is 5.46. The molecule has 1 heteroatoms. The third-order valence-corrected chi connectivity index (χ3v) is 4.71. The van der Waals surface area contributed by atoms with Gasteiger partial charge in [0, 0.05) is 11.1 Å². The molecular weight excluding hydrogens is 295 g/mol. The number of fused-ring (bicyclic) bond motifs is 1. The lowest BCUT2D eigenvalue weighted by Crippen LogP contribution is -2.14. The molecular formula is C23H23F. The lowest BCUT2D eigenvalue weighted by atomic mass is 9.81. The van der Waals surface area contributed by atoms with E-state index in [0.29, 0.717) is 0 Å². The quantitative estimate of drug-likeness (QED) is 0.504. The highest BCUT2D eigenvalue weighted by Gasteiger charge is 2.17. The normalized spacial score (nSPS) is 16.5. The zero-order valence-corrected chi connectivity index (χ0v) is 14.2. The Morgan fingerprint density at radius 1 is 1.04 bits per heavy atom. The first-order valence-corrected chi connectivity index (χ1v) is 8.75. The zero-order valence-electron chi connectivity index (χ0n) is 14.2. The largest absolute Gasteiger partial charge is 0.207 e. The molecule has 0 N–H and O–H groups in total. The summed E-state index contributed by atoms with van der Waals surface area (Å²) >= 11 is 0. The average molecular weight is 318 g/mol. The fraction of sp³-hybridized carbons (Fsp3) is 0.304. The van der Waals surface area contributed by atoms with Gasteiger partial charge in [-0.05, 0) is 92.5 Å². The summed E-state index contributed by atoms with van der Waals surface area (Å²) in [6, 6.07) is 12.9. The second-order valence-corrected chi connectivity index (χ2v) is 6.50. The number of halogens is 1. The Kier molecular flexibility index (Phi) is 5.49. The van der Waals surface area contributed by atoms with Crippen molar-refractivity contribution in [1.29, 1.82) is 0 Å². The topological polar surface area (TPSA) is 0 Å². The smallest absolute Gasteiger partial charge is 0.123 e. The van der Waals surface area contributed by atoms with E-state index in [1.165, 1.54) is 48.9 Å². The minimum Gasteiger partial charge on any atom is -0.207 e. The summed E-state index contributed by atoms with van der Waals surface area (Å²) < 4.78 is 12.9. The number of benzene rings is 2. The van der Waals surface area contributed by atoms with E-state index in [2.05, 4.69) is 49.1 Å². The average Bonchev–Trinajstić information content (AvgIpc) is 2.61. The van der Waals surface area contributed by atoms with Crippen molar-refractivity contribution in [3.8, 4) is 11.8 Å². The molecule has 1 aliphatic carbocycles. The summed E-state index contributed by atoms with van der Waals surface area (Å²) in [6.07, 6.45) is 10.5. The van der Waals surface area contributed by atoms with Crippen LogP contribution in [-0.2, 0) is 12.8 Å². The van der Waals surface area contributed by atoms with Gasteiger partial charge in [-0.3, -0.25) is 0 Å². The van der Waals surface area contributed by atoms with Crippen molar-refractivity contribution in [2.45, 2.75) is 39.0 Å². The summed E-state index contributed by atoms with van der Waals surface area (Å²) in [5.41, 5.74) is 4.82. The third-order valence-electron chi connectivity index (χ3n) is 4.71. The summed E-state index contributed by atoms with van der Waals surface area (Å²) in [4.78, 5) is 0. The minimum atomic E-state index is -0.224. The van der Waals surface area contributed by atoms with Crippen molar-refractivity contribution < 1.29 is 4.39 Å². The van der Waals surface area contributed by atoms with E-state index < -0.39 is 0 Å². The van der Waals surface area contributed by atoms with E-state index in [0.717, 1.165) is 23.5 Å². The van der Waals surface area contributed by atoms with E-state index in [1.807, 2.05) is 0 Å². The first-order chi connectivity index (χ1) is 11.7. The molecule has 2 aromatic carbocycles. The molecule has 3 rings (SSSR count). The number of hydrogen-bond acceptors (Lipinski definition) is 0. The van der Waals surface area contributed by atoms with E-state index in [-0.39, 0.29) is 5.82 Å². The molecule has 1 atom stereocenters. The van der Waals surface area contributed by atoms with Crippen molar-refractivity contribution in [3.63, 3.8) is 0 Å². The Bertz CT molecular complexity index is 772. The number of aryl methyl sites for hydroxylation is 1. The predicted octanol–water partition coefficient (Wildman–Crippen LogP) is 5.69. The SMILES string of the molecule is C/C=C/CCC1CCc2cc(C#Cc3ccc(F)cc3)ccc2C1. The minimum absolute atomic E-state index is 0.224. The second-order valence-electron chi connectivity index (χ2n) is 6.50. The van der Waals surface area contributed by atoms with Gasteiger partial charge >= 0.3 is 0 Å². The van der Waals surface area contributed by atoms with E-state index in [1.54, 1.807) is 12.1 Å². The van der Waals surface area contributed by atoms with Crippen LogP contribution in [0.4, 0.5) is 4.39 Å². The standard InChI is InChI=1S/C23H23F/c1-2-3-4-5-19-8-12-22-17-20(9-13-21(22)16-19)7-6-18-10-14-23(24)15-11-18/h2-3,9-11,13-15,17,19H,4-5,8,12,16H2,1H3/b3-2+. The number of allylic oxidation sites excluding steroid dienone is 2. The number of rotatable bonds is 3. The van der Waals surface area contributed by atoms with Crippen LogP contribution in [0.5, 0.6) is 0 Å². The van der Waals surface area contributed by atoms with Gasteiger partial charge in [0.25, 0.3) is 0 Å². The molecule has 0 spiro atoms. The van der Waals surface area contributed by atoms with Gasteiger partial charge in [0.05, 0.1) is 0 Å². The van der Waals surface area contributed by atoms with Crippen LogP contribution in [0.1, 0.15) is 48.4 Å². The van der Waals surface area contributed by atoms with Crippen LogP contribution in [-0.4, -0.2) is 0 Å². The highest BCUT2D eigenvalue weighted by atomic mass is 19.1. The highest BCUT2D eigenvalue weighted by Crippen LogP contribution is 2.29. The summed E-state index contributed by atoms with van der Waals surface area (Å²) in [5, 5.41) is 0. The lowest BCUT2D eigenvalue weighted by Gasteiger charge is -2.24. The Morgan fingerprint density at radius 2 is 1.79 bits per heavy atom. The van der Waals surface area contributed by atoms with Crippen molar-refractivity contribution in [2.75, 3.05) is 0 Å². The Hall–Kier alpha value is -2.33. The van der Waals surface area contributed by atoms with Gasteiger partial charge in [0.2, 0.25) is 0 Å². The van der Waals surface area contributed by atoms with Gasteiger partial charge < -0.3 is 0 Å².